The lowest BCUT2D eigenvalue weighted by molar-refractivity contribution is 0.289. The van der Waals surface area contributed by atoms with Crippen molar-refractivity contribution in [3.8, 4) is 22.6 Å². The molecule has 1 N–H and O–H groups in total. The van der Waals surface area contributed by atoms with Gasteiger partial charge in [0.15, 0.2) is 0 Å². The molecule has 3 aromatic rings. The van der Waals surface area contributed by atoms with Gasteiger partial charge in [0.05, 0.1) is 17.5 Å². The maximum absolute atomic E-state index is 13.8. The maximum atomic E-state index is 13.8. The summed E-state index contributed by atoms with van der Waals surface area (Å²) >= 11 is 0. The molecule has 4 nitrogen and oxygen atoms in total. The third-order valence-corrected chi connectivity index (χ3v) is 7.07. The highest BCUT2D eigenvalue weighted by Gasteiger charge is 2.30. The highest BCUT2D eigenvalue weighted by atomic mass is 31.2. The van der Waals surface area contributed by atoms with Crippen molar-refractivity contribution < 1.29 is 18.7 Å². The van der Waals surface area contributed by atoms with Crippen molar-refractivity contribution in [2.75, 3.05) is 6.61 Å². The van der Waals surface area contributed by atoms with Gasteiger partial charge in [0.2, 0.25) is 0 Å². The van der Waals surface area contributed by atoms with Crippen LogP contribution >= 0.6 is 7.60 Å². The Balaban J connectivity index is 2.11. The van der Waals surface area contributed by atoms with E-state index in [0.29, 0.717) is 16.6 Å². The van der Waals surface area contributed by atoms with Gasteiger partial charge in [-0.1, -0.05) is 67.8 Å². The third-order valence-electron chi connectivity index (χ3n) is 5.11. The molecule has 0 aliphatic heterocycles. The number of aromatic hydroxyl groups is 1. The van der Waals surface area contributed by atoms with Crippen LogP contribution in [-0.4, -0.2) is 11.7 Å². The number of rotatable bonds is 10. The highest BCUT2D eigenvalue weighted by molar-refractivity contribution is 7.62. The fourth-order valence-corrected chi connectivity index (χ4v) is 5.19. The highest BCUT2D eigenvalue weighted by Crippen LogP contribution is 2.51. The average molecular weight is 439 g/mol. The molecule has 0 aliphatic rings. The van der Waals surface area contributed by atoms with Gasteiger partial charge in [-0.05, 0) is 62.1 Å². The summed E-state index contributed by atoms with van der Waals surface area (Å²) in [5.41, 5.74) is 3.35. The van der Waals surface area contributed by atoms with Gasteiger partial charge < -0.3 is 9.63 Å². The van der Waals surface area contributed by atoms with E-state index in [2.05, 4.69) is 6.92 Å². The van der Waals surface area contributed by atoms with Crippen LogP contribution in [0.2, 0.25) is 0 Å². The monoisotopic (exact) mass is 438 g/mol. The molecule has 5 heteroatoms. The first kappa shape index (κ1) is 23.1. The Kier molecular flexibility index (Phi) is 7.95. The Morgan fingerprint density at radius 3 is 2.39 bits per heavy atom. The van der Waals surface area contributed by atoms with E-state index in [9.17, 15) is 9.67 Å². The summed E-state index contributed by atoms with van der Waals surface area (Å²) in [5, 5.41) is 11.4. The standard InChI is InChI=1S/C26H31O4P/c1-4-6-8-13-21-18-24(27)26(22-14-11-12-20(3)17-22)25(19-21)30-31(28,29-5-2)23-15-9-7-10-16-23/h7,9-12,14-19,27H,4-6,8,13H2,1-3H3. The molecular formula is C26H31O4P. The second-order valence-electron chi connectivity index (χ2n) is 7.66. The van der Waals surface area contributed by atoms with Crippen LogP contribution < -0.4 is 9.83 Å². The van der Waals surface area contributed by atoms with Crippen molar-refractivity contribution in [3.05, 3.63) is 77.9 Å². The van der Waals surface area contributed by atoms with Gasteiger partial charge in [-0.3, -0.25) is 4.52 Å². The molecular weight excluding hydrogens is 407 g/mol. The summed E-state index contributed by atoms with van der Waals surface area (Å²) in [6, 6.07) is 20.5. The topological polar surface area (TPSA) is 55.8 Å². The first-order valence-electron chi connectivity index (χ1n) is 10.9. The number of phenols is 1. The summed E-state index contributed by atoms with van der Waals surface area (Å²) < 4.78 is 25.6. The van der Waals surface area contributed by atoms with E-state index in [0.717, 1.165) is 42.4 Å². The number of aryl methyl sites for hydroxylation is 2. The van der Waals surface area contributed by atoms with Crippen molar-refractivity contribution in [3.63, 3.8) is 0 Å². The van der Waals surface area contributed by atoms with Crippen LogP contribution in [0.1, 0.15) is 44.2 Å². The van der Waals surface area contributed by atoms with Gasteiger partial charge in [-0.15, -0.1) is 0 Å². The van der Waals surface area contributed by atoms with E-state index in [4.69, 9.17) is 9.05 Å². The quantitative estimate of drug-likeness (QED) is 0.273. The molecule has 0 fully saturated rings. The summed E-state index contributed by atoms with van der Waals surface area (Å²) in [5.74, 6) is 0.489. The lowest BCUT2D eigenvalue weighted by Gasteiger charge is -2.22. The van der Waals surface area contributed by atoms with Crippen molar-refractivity contribution in [2.24, 2.45) is 0 Å². The van der Waals surface area contributed by atoms with E-state index in [1.807, 2.05) is 55.5 Å². The van der Waals surface area contributed by atoms with Crippen molar-refractivity contribution in [2.45, 2.75) is 46.5 Å². The normalized spacial score (nSPS) is 13.0. The summed E-state index contributed by atoms with van der Waals surface area (Å²) in [6.45, 7) is 6.19. The number of phenolic OH excluding ortho intramolecular Hbond substituents is 1. The SMILES string of the molecule is CCCCCc1cc(O)c(-c2cccc(C)c2)c(OP(=O)(OCC)c2ccccc2)c1. The van der Waals surface area contributed by atoms with E-state index < -0.39 is 7.60 Å². The molecule has 0 bridgehead atoms. The molecule has 31 heavy (non-hydrogen) atoms. The Morgan fingerprint density at radius 2 is 1.71 bits per heavy atom. The van der Waals surface area contributed by atoms with E-state index >= 15 is 0 Å². The Morgan fingerprint density at radius 1 is 0.935 bits per heavy atom. The average Bonchev–Trinajstić information content (AvgIpc) is 2.74. The maximum Gasteiger partial charge on any atom is 0.410 e. The van der Waals surface area contributed by atoms with Gasteiger partial charge in [0.25, 0.3) is 0 Å². The molecule has 0 saturated heterocycles. The number of hydrogen-bond acceptors (Lipinski definition) is 4. The molecule has 0 aliphatic carbocycles. The second kappa shape index (κ2) is 10.7. The van der Waals surface area contributed by atoms with Gasteiger partial charge in [0.1, 0.15) is 11.5 Å². The Bertz CT molecular complexity index is 1050. The summed E-state index contributed by atoms with van der Waals surface area (Å²) in [6.07, 6.45) is 4.05. The van der Waals surface area contributed by atoms with Crippen LogP contribution in [0.25, 0.3) is 11.1 Å². The molecule has 0 aromatic heterocycles. The van der Waals surface area contributed by atoms with E-state index in [1.54, 1.807) is 25.1 Å². The second-order valence-corrected chi connectivity index (χ2v) is 9.61. The lowest BCUT2D eigenvalue weighted by atomic mass is 9.98. The number of hydrogen-bond donors (Lipinski definition) is 1. The molecule has 3 rings (SSSR count). The largest absolute Gasteiger partial charge is 0.507 e. The van der Waals surface area contributed by atoms with Crippen molar-refractivity contribution in [1.29, 1.82) is 0 Å². The zero-order valence-electron chi connectivity index (χ0n) is 18.5. The predicted molar refractivity (Wildman–Crippen MR) is 127 cm³/mol. The lowest BCUT2D eigenvalue weighted by Crippen LogP contribution is -2.12. The number of unbranched alkanes of at least 4 members (excludes halogenated alkanes) is 2. The van der Waals surface area contributed by atoms with Crippen LogP contribution in [-0.2, 0) is 15.5 Å². The fraction of sp³-hybridized carbons (Fsp3) is 0.308. The summed E-state index contributed by atoms with van der Waals surface area (Å²) in [4.78, 5) is 0. The molecule has 1 atom stereocenters. The van der Waals surface area contributed by atoms with Gasteiger partial charge in [0, 0.05) is 0 Å². The third kappa shape index (κ3) is 5.78. The minimum Gasteiger partial charge on any atom is -0.507 e. The fourth-order valence-electron chi connectivity index (χ4n) is 3.61. The first-order chi connectivity index (χ1) is 15.0. The molecule has 0 heterocycles. The van der Waals surface area contributed by atoms with Crippen molar-refractivity contribution >= 4 is 12.9 Å². The Labute approximate surface area is 185 Å². The molecule has 0 saturated carbocycles. The molecule has 3 aromatic carbocycles. The molecule has 0 spiro atoms. The van der Waals surface area contributed by atoms with Gasteiger partial charge in [-0.25, -0.2) is 4.57 Å². The summed E-state index contributed by atoms with van der Waals surface area (Å²) in [7, 11) is -3.64. The van der Waals surface area contributed by atoms with Crippen LogP contribution in [0.15, 0.2) is 66.7 Å². The zero-order chi connectivity index (χ0) is 22.3. The smallest absolute Gasteiger partial charge is 0.410 e. The van der Waals surface area contributed by atoms with Gasteiger partial charge >= 0.3 is 7.60 Å². The minimum absolute atomic E-state index is 0.116. The van der Waals surface area contributed by atoms with E-state index in [1.165, 1.54) is 0 Å². The van der Waals surface area contributed by atoms with Crippen LogP contribution in [0.4, 0.5) is 0 Å². The van der Waals surface area contributed by atoms with Crippen LogP contribution in [0, 0.1) is 6.92 Å². The minimum atomic E-state index is -3.64. The predicted octanol–water partition coefficient (Wildman–Crippen LogP) is 7.03. The van der Waals surface area contributed by atoms with E-state index in [-0.39, 0.29) is 12.4 Å². The van der Waals surface area contributed by atoms with Gasteiger partial charge in [-0.2, -0.15) is 0 Å². The van der Waals surface area contributed by atoms with Crippen LogP contribution in [0.3, 0.4) is 0 Å². The van der Waals surface area contributed by atoms with Crippen molar-refractivity contribution in [1.82, 2.24) is 0 Å². The molecule has 0 radical (unpaired) electrons. The molecule has 0 amide bonds. The first-order valence-corrected chi connectivity index (χ1v) is 12.4. The van der Waals surface area contributed by atoms with Crippen LogP contribution in [0.5, 0.6) is 11.5 Å². The zero-order valence-corrected chi connectivity index (χ0v) is 19.4. The molecule has 164 valence electrons. The Hall–Kier alpha value is -2.55. The number of benzene rings is 3. The molecule has 1 unspecified atom stereocenters.